The first-order valence-electron chi connectivity index (χ1n) is 13.5. The van der Waals surface area contributed by atoms with Gasteiger partial charge in [0.1, 0.15) is 0 Å². The number of fused-ring (bicyclic) bond motifs is 3. The van der Waals surface area contributed by atoms with E-state index in [1.54, 1.807) is 0 Å². The minimum absolute atomic E-state index is 0.0418. The van der Waals surface area contributed by atoms with Crippen molar-refractivity contribution in [3.63, 3.8) is 0 Å². The lowest BCUT2D eigenvalue weighted by Crippen LogP contribution is -2.63. The molecule has 0 aromatic heterocycles. The van der Waals surface area contributed by atoms with Crippen LogP contribution in [0.5, 0.6) is 0 Å². The monoisotopic (exact) mass is 444 g/mol. The van der Waals surface area contributed by atoms with Gasteiger partial charge in [0.05, 0.1) is 17.3 Å². The molecule has 3 aliphatic rings. The van der Waals surface area contributed by atoms with Gasteiger partial charge < -0.3 is 9.84 Å². The largest absolute Gasteiger partial charge is 0.387 e. The zero-order valence-corrected chi connectivity index (χ0v) is 22.5. The minimum atomic E-state index is -0.756. The average molecular weight is 445 g/mol. The molecule has 1 aliphatic heterocycles. The molecule has 0 bridgehead atoms. The molecule has 3 fully saturated rings. The molecule has 2 saturated carbocycles. The van der Waals surface area contributed by atoms with Crippen LogP contribution in [0.4, 0.5) is 0 Å². The molecule has 3 rings (SSSR count). The molecule has 32 heavy (non-hydrogen) atoms. The Hall–Kier alpha value is -0.600. The molecule has 0 spiro atoms. The summed E-state index contributed by atoms with van der Waals surface area (Å²) in [6, 6.07) is 0. The van der Waals surface area contributed by atoms with E-state index in [2.05, 4.69) is 60.6 Å². The fourth-order valence-electron chi connectivity index (χ4n) is 7.98. The van der Waals surface area contributed by atoms with Crippen molar-refractivity contribution in [3.05, 3.63) is 23.3 Å². The van der Waals surface area contributed by atoms with Crippen molar-refractivity contribution in [2.75, 3.05) is 0 Å². The molecule has 0 aromatic rings. The summed E-state index contributed by atoms with van der Waals surface area (Å²) in [5, 5.41) is 11.4. The average Bonchev–Trinajstić information content (AvgIpc) is 2.66. The van der Waals surface area contributed by atoms with Crippen LogP contribution in [0.15, 0.2) is 23.3 Å². The third-order valence-electron chi connectivity index (χ3n) is 9.80. The van der Waals surface area contributed by atoms with Crippen LogP contribution in [0.25, 0.3) is 0 Å². The van der Waals surface area contributed by atoms with Crippen molar-refractivity contribution >= 4 is 0 Å². The predicted octanol–water partition coefficient (Wildman–Crippen LogP) is 8.39. The molecule has 0 aromatic carbocycles. The molecule has 2 nitrogen and oxygen atoms in total. The summed E-state index contributed by atoms with van der Waals surface area (Å²) in [6.07, 6.45) is 17.2. The Kier molecular flexibility index (Phi) is 7.78. The highest BCUT2D eigenvalue weighted by atomic mass is 16.5. The molecular weight excluding hydrogens is 392 g/mol. The minimum Gasteiger partial charge on any atom is -0.387 e. The lowest BCUT2D eigenvalue weighted by Gasteiger charge is -2.64. The molecule has 184 valence electrons. The van der Waals surface area contributed by atoms with E-state index in [1.807, 2.05) is 6.92 Å². The van der Waals surface area contributed by atoms with E-state index in [1.165, 1.54) is 43.3 Å². The molecule has 0 unspecified atom stereocenters. The maximum Gasteiger partial charge on any atom is 0.0883 e. The van der Waals surface area contributed by atoms with Crippen molar-refractivity contribution in [1.82, 2.24) is 0 Å². The molecule has 1 N–H and O–H groups in total. The van der Waals surface area contributed by atoms with Crippen LogP contribution in [0.2, 0.25) is 0 Å². The first kappa shape index (κ1) is 26.0. The van der Waals surface area contributed by atoms with E-state index < -0.39 is 5.60 Å². The molecule has 2 heteroatoms. The summed E-state index contributed by atoms with van der Waals surface area (Å²) < 4.78 is 6.90. The fraction of sp³-hybridized carbons (Fsp3) is 0.867. The number of aliphatic hydroxyl groups is 1. The standard InChI is InChI=1S/C30H52O2/c1-22(2)12-9-13-23(3)14-10-20-29(7,31)26-16-15-25-28(6)19-11-18-27(4,5)24(28)17-21-30(25,8)32-26/h12,14,24-26,31H,9-11,13,15-21H2,1-8H3/b23-14+/t24-,25+,26+,28-,29-,30+/m0/s1. The van der Waals surface area contributed by atoms with E-state index in [0.717, 1.165) is 44.4 Å². The van der Waals surface area contributed by atoms with Gasteiger partial charge in [-0.25, -0.2) is 0 Å². The number of hydrogen-bond donors (Lipinski definition) is 1. The SMILES string of the molecule is CC(C)=CCC/C(C)=C/CC[C@](C)(O)[C@H]1CC[C@@H]2[C@@]3(C)CCCC(C)(C)[C@@H]3CC[C@@]2(C)O1. The summed E-state index contributed by atoms with van der Waals surface area (Å²) in [7, 11) is 0. The number of hydrogen-bond acceptors (Lipinski definition) is 2. The van der Waals surface area contributed by atoms with Crippen LogP contribution in [0.3, 0.4) is 0 Å². The van der Waals surface area contributed by atoms with Crippen LogP contribution in [-0.2, 0) is 4.74 Å². The van der Waals surface area contributed by atoms with Crippen LogP contribution >= 0.6 is 0 Å². The number of rotatable bonds is 7. The highest BCUT2D eigenvalue weighted by Gasteiger charge is 2.61. The second-order valence-electron chi connectivity index (χ2n) is 13.3. The summed E-state index contributed by atoms with van der Waals surface area (Å²) in [4.78, 5) is 0. The molecule has 1 heterocycles. The lowest BCUT2D eigenvalue weighted by molar-refractivity contribution is -0.265. The third-order valence-corrected chi connectivity index (χ3v) is 9.80. The molecule has 0 amide bonds. The van der Waals surface area contributed by atoms with Gasteiger partial charge in [-0.3, -0.25) is 0 Å². The van der Waals surface area contributed by atoms with E-state index in [9.17, 15) is 5.11 Å². The summed E-state index contributed by atoms with van der Waals surface area (Å²) in [5.41, 5.74) is 2.82. The fourth-order valence-corrected chi connectivity index (χ4v) is 7.98. The van der Waals surface area contributed by atoms with Crippen molar-refractivity contribution in [1.29, 1.82) is 0 Å². The van der Waals surface area contributed by atoms with Gasteiger partial charge in [-0.05, 0) is 121 Å². The maximum atomic E-state index is 11.4. The quantitative estimate of drug-likeness (QED) is 0.399. The summed E-state index contributed by atoms with van der Waals surface area (Å²) in [5.74, 6) is 1.43. The lowest BCUT2D eigenvalue weighted by atomic mass is 9.44. The molecule has 1 saturated heterocycles. The topological polar surface area (TPSA) is 29.5 Å². The van der Waals surface area contributed by atoms with Crippen molar-refractivity contribution in [2.24, 2.45) is 22.7 Å². The molecule has 6 atom stereocenters. The van der Waals surface area contributed by atoms with Gasteiger partial charge in [0, 0.05) is 0 Å². The normalized spacial score (nSPS) is 38.9. The van der Waals surface area contributed by atoms with Crippen molar-refractivity contribution in [3.8, 4) is 0 Å². The van der Waals surface area contributed by atoms with E-state index in [0.29, 0.717) is 16.7 Å². The second-order valence-corrected chi connectivity index (χ2v) is 13.3. The van der Waals surface area contributed by atoms with E-state index in [-0.39, 0.29) is 11.7 Å². The van der Waals surface area contributed by atoms with Crippen LogP contribution < -0.4 is 0 Å². The van der Waals surface area contributed by atoms with Gasteiger partial charge >= 0.3 is 0 Å². The van der Waals surface area contributed by atoms with Gasteiger partial charge in [-0.2, -0.15) is 0 Å². The van der Waals surface area contributed by atoms with Crippen LogP contribution in [0, 0.1) is 22.7 Å². The zero-order chi connectivity index (χ0) is 23.8. The Labute approximate surface area is 199 Å². The first-order chi connectivity index (χ1) is 14.8. The molecule has 2 aliphatic carbocycles. The van der Waals surface area contributed by atoms with Crippen LogP contribution in [-0.4, -0.2) is 22.4 Å². The van der Waals surface area contributed by atoms with Gasteiger partial charge in [0.15, 0.2) is 0 Å². The van der Waals surface area contributed by atoms with Crippen molar-refractivity contribution < 1.29 is 9.84 Å². The van der Waals surface area contributed by atoms with Crippen LogP contribution in [0.1, 0.15) is 126 Å². The maximum absolute atomic E-state index is 11.4. The summed E-state index contributed by atoms with van der Waals surface area (Å²) >= 11 is 0. The Bertz CT molecular complexity index is 710. The zero-order valence-electron chi connectivity index (χ0n) is 22.5. The van der Waals surface area contributed by atoms with Gasteiger partial charge in [-0.15, -0.1) is 0 Å². The summed E-state index contributed by atoms with van der Waals surface area (Å²) in [6.45, 7) is 18.5. The van der Waals surface area contributed by atoms with E-state index in [4.69, 9.17) is 4.74 Å². The molecule has 0 radical (unpaired) electrons. The second kappa shape index (κ2) is 9.57. The Balaban J connectivity index is 1.62. The number of allylic oxidation sites excluding steroid dienone is 4. The van der Waals surface area contributed by atoms with Crippen molar-refractivity contribution in [2.45, 2.75) is 143 Å². The Morgan fingerprint density at radius 2 is 1.66 bits per heavy atom. The highest BCUT2D eigenvalue weighted by Crippen LogP contribution is 2.65. The third kappa shape index (κ3) is 5.38. The predicted molar refractivity (Wildman–Crippen MR) is 137 cm³/mol. The highest BCUT2D eigenvalue weighted by molar-refractivity contribution is 5.11. The van der Waals surface area contributed by atoms with Gasteiger partial charge in [-0.1, -0.05) is 50.5 Å². The van der Waals surface area contributed by atoms with Gasteiger partial charge in [0.25, 0.3) is 0 Å². The van der Waals surface area contributed by atoms with E-state index >= 15 is 0 Å². The number of ether oxygens (including phenoxy) is 1. The first-order valence-corrected chi connectivity index (χ1v) is 13.5. The van der Waals surface area contributed by atoms with Gasteiger partial charge in [0.2, 0.25) is 0 Å². The Morgan fingerprint density at radius 1 is 0.938 bits per heavy atom. The smallest absolute Gasteiger partial charge is 0.0883 e. The molecular formula is C30H52O2. The Morgan fingerprint density at radius 3 is 2.34 bits per heavy atom.